The van der Waals surface area contributed by atoms with Gasteiger partial charge in [-0.1, -0.05) is 20.8 Å². The summed E-state index contributed by atoms with van der Waals surface area (Å²) < 4.78 is 15.4. The van der Waals surface area contributed by atoms with Gasteiger partial charge in [-0.2, -0.15) is 16.4 Å². The van der Waals surface area contributed by atoms with Gasteiger partial charge >= 0.3 is 0 Å². The van der Waals surface area contributed by atoms with Crippen LogP contribution in [0, 0.1) is 5.82 Å². The van der Waals surface area contributed by atoms with Crippen molar-refractivity contribution >= 4 is 40.7 Å². The molecule has 0 saturated carbocycles. The molecular weight excluding hydrogens is 471 g/mol. The zero-order chi connectivity index (χ0) is 24.6. The van der Waals surface area contributed by atoms with Gasteiger partial charge < -0.3 is 5.32 Å². The predicted molar refractivity (Wildman–Crippen MR) is 136 cm³/mol. The number of benzene rings is 1. The van der Waals surface area contributed by atoms with Gasteiger partial charge in [0.15, 0.2) is 0 Å². The standard InChI is InChI=1S/C25H29FN4O2S2/c1-15(2)27-19(31)12-29-20(32)14-34-22(16-10-11-33-13-16)21-23(25(3,4)5)28-30(24(21)29)18-8-6-17(26)7-9-18/h6-11,13,15,22H,12,14H2,1-5H3,(H,27,31). The van der Waals surface area contributed by atoms with Crippen LogP contribution in [-0.4, -0.2) is 39.9 Å². The van der Waals surface area contributed by atoms with Crippen LogP contribution in [0.5, 0.6) is 0 Å². The second-order valence-corrected chi connectivity index (χ2v) is 11.5. The van der Waals surface area contributed by atoms with Crippen molar-refractivity contribution < 1.29 is 14.0 Å². The van der Waals surface area contributed by atoms with Crippen LogP contribution in [0.3, 0.4) is 0 Å². The molecule has 2 aromatic heterocycles. The number of hydrogen-bond acceptors (Lipinski definition) is 5. The van der Waals surface area contributed by atoms with Crippen molar-refractivity contribution in [3.63, 3.8) is 0 Å². The Morgan fingerprint density at radius 2 is 1.94 bits per heavy atom. The van der Waals surface area contributed by atoms with Crippen LogP contribution in [0.2, 0.25) is 0 Å². The highest BCUT2D eigenvalue weighted by Crippen LogP contribution is 2.48. The van der Waals surface area contributed by atoms with Gasteiger partial charge in [-0.05, 0) is 60.5 Å². The van der Waals surface area contributed by atoms with Gasteiger partial charge in [0, 0.05) is 17.0 Å². The van der Waals surface area contributed by atoms with E-state index in [0.717, 1.165) is 16.8 Å². The quantitative estimate of drug-likeness (QED) is 0.532. The Morgan fingerprint density at radius 3 is 2.53 bits per heavy atom. The lowest BCUT2D eigenvalue weighted by molar-refractivity contribution is -0.123. The fourth-order valence-corrected chi connectivity index (χ4v) is 5.99. The zero-order valence-electron chi connectivity index (χ0n) is 20.0. The minimum absolute atomic E-state index is 0.0471. The summed E-state index contributed by atoms with van der Waals surface area (Å²) in [7, 11) is 0. The van der Waals surface area contributed by atoms with Crippen LogP contribution >= 0.6 is 23.1 Å². The lowest BCUT2D eigenvalue weighted by atomic mass is 9.87. The van der Waals surface area contributed by atoms with Crippen molar-refractivity contribution in [1.82, 2.24) is 15.1 Å². The van der Waals surface area contributed by atoms with E-state index in [2.05, 4.69) is 37.5 Å². The topological polar surface area (TPSA) is 67.2 Å². The molecule has 2 amide bonds. The largest absolute Gasteiger partial charge is 0.352 e. The SMILES string of the molecule is CC(C)NC(=O)CN1C(=O)CSC(c2ccsc2)c2c(C(C)(C)C)nn(-c3ccc(F)cc3)c21. The third-order valence-corrected chi connectivity index (χ3v) is 7.42. The van der Waals surface area contributed by atoms with Gasteiger partial charge in [-0.15, -0.1) is 11.8 Å². The number of thioether (sulfide) groups is 1. The van der Waals surface area contributed by atoms with Crippen molar-refractivity contribution in [2.45, 2.75) is 51.3 Å². The number of amides is 2. The van der Waals surface area contributed by atoms with Crippen LogP contribution in [0.4, 0.5) is 10.2 Å². The normalized spacial score (nSPS) is 16.5. The van der Waals surface area contributed by atoms with Crippen LogP contribution in [0.1, 0.15) is 56.7 Å². The third-order valence-electron chi connectivity index (χ3n) is 5.47. The minimum Gasteiger partial charge on any atom is -0.352 e. The van der Waals surface area contributed by atoms with Gasteiger partial charge in [0.05, 0.1) is 22.4 Å². The van der Waals surface area contributed by atoms with Crippen molar-refractivity contribution in [1.29, 1.82) is 0 Å². The second kappa shape index (κ2) is 9.54. The molecule has 0 fully saturated rings. The van der Waals surface area contributed by atoms with E-state index in [-0.39, 0.29) is 46.6 Å². The zero-order valence-corrected chi connectivity index (χ0v) is 21.6. The van der Waals surface area contributed by atoms with Gasteiger partial charge in [-0.3, -0.25) is 14.5 Å². The number of anilines is 1. The van der Waals surface area contributed by atoms with Gasteiger partial charge in [0.2, 0.25) is 11.8 Å². The highest BCUT2D eigenvalue weighted by molar-refractivity contribution is 8.00. The summed E-state index contributed by atoms with van der Waals surface area (Å²) >= 11 is 3.16. The number of nitrogens with zero attached hydrogens (tertiary/aromatic N) is 3. The summed E-state index contributed by atoms with van der Waals surface area (Å²) in [6.45, 7) is 9.91. The fraction of sp³-hybridized carbons (Fsp3) is 0.400. The molecule has 0 saturated heterocycles. The van der Waals surface area contributed by atoms with Crippen molar-refractivity contribution in [3.8, 4) is 5.69 Å². The van der Waals surface area contributed by atoms with E-state index in [9.17, 15) is 14.0 Å². The number of nitrogens with one attached hydrogen (secondary N) is 1. The molecule has 3 heterocycles. The summed E-state index contributed by atoms with van der Waals surface area (Å²) in [5.74, 6) is 0.0524. The lowest BCUT2D eigenvalue weighted by Gasteiger charge is -2.24. The predicted octanol–water partition coefficient (Wildman–Crippen LogP) is 5.06. The minimum atomic E-state index is -0.353. The van der Waals surface area contributed by atoms with E-state index in [4.69, 9.17) is 5.10 Å². The molecule has 9 heteroatoms. The Bertz CT molecular complexity index is 1180. The third kappa shape index (κ3) is 4.90. The molecule has 34 heavy (non-hydrogen) atoms. The number of aromatic nitrogens is 2. The highest BCUT2D eigenvalue weighted by atomic mass is 32.2. The van der Waals surface area contributed by atoms with Crippen molar-refractivity contribution in [2.75, 3.05) is 17.2 Å². The molecule has 1 N–H and O–H groups in total. The Morgan fingerprint density at radius 1 is 1.24 bits per heavy atom. The Hall–Kier alpha value is -2.65. The van der Waals surface area contributed by atoms with Crippen molar-refractivity contribution in [2.24, 2.45) is 0 Å². The number of fused-ring (bicyclic) bond motifs is 1. The fourth-order valence-electron chi connectivity index (χ4n) is 4.03. The second-order valence-electron chi connectivity index (χ2n) is 9.67. The first-order valence-electron chi connectivity index (χ1n) is 11.2. The maximum Gasteiger partial charge on any atom is 0.240 e. The molecule has 6 nitrogen and oxygen atoms in total. The maximum atomic E-state index is 13.7. The van der Waals surface area contributed by atoms with Gasteiger partial charge in [-0.25, -0.2) is 9.07 Å². The first-order chi connectivity index (χ1) is 16.1. The first kappa shape index (κ1) is 24.5. The molecule has 1 aliphatic rings. The number of halogens is 1. The van der Waals surface area contributed by atoms with E-state index >= 15 is 0 Å². The van der Waals surface area contributed by atoms with Crippen LogP contribution in [-0.2, 0) is 15.0 Å². The maximum absolute atomic E-state index is 13.7. The molecule has 1 aromatic carbocycles. The van der Waals surface area contributed by atoms with Crippen LogP contribution in [0.25, 0.3) is 5.69 Å². The molecular formula is C25H29FN4O2S2. The number of hydrogen-bond donors (Lipinski definition) is 1. The summed E-state index contributed by atoms with van der Waals surface area (Å²) in [5.41, 5.74) is 3.17. The Balaban J connectivity index is 1.98. The molecule has 3 aromatic rings. The van der Waals surface area contributed by atoms with Crippen LogP contribution < -0.4 is 10.2 Å². The highest BCUT2D eigenvalue weighted by Gasteiger charge is 2.40. The number of carbonyl (C=O) groups excluding carboxylic acids is 2. The van der Waals surface area contributed by atoms with Crippen molar-refractivity contribution in [3.05, 3.63) is 63.7 Å². The molecule has 1 atom stereocenters. The van der Waals surface area contributed by atoms with Gasteiger partial charge in [0.1, 0.15) is 18.2 Å². The van der Waals surface area contributed by atoms with E-state index in [0.29, 0.717) is 11.5 Å². The smallest absolute Gasteiger partial charge is 0.240 e. The lowest BCUT2D eigenvalue weighted by Crippen LogP contribution is -2.44. The molecule has 0 radical (unpaired) electrons. The van der Waals surface area contributed by atoms with E-state index in [1.807, 2.05) is 19.2 Å². The number of carbonyl (C=O) groups is 2. The summed E-state index contributed by atoms with van der Waals surface area (Å²) in [6, 6.07) is 8.06. The molecule has 0 spiro atoms. The molecule has 0 bridgehead atoms. The monoisotopic (exact) mass is 500 g/mol. The molecule has 4 rings (SSSR count). The van der Waals surface area contributed by atoms with E-state index in [1.165, 1.54) is 17.0 Å². The summed E-state index contributed by atoms with van der Waals surface area (Å²) in [5, 5.41) is 11.9. The summed E-state index contributed by atoms with van der Waals surface area (Å²) in [4.78, 5) is 27.8. The Labute approximate surface area is 207 Å². The number of thiophene rings is 1. The Kier molecular flexibility index (Phi) is 6.87. The van der Waals surface area contributed by atoms with E-state index < -0.39 is 0 Å². The molecule has 0 aliphatic carbocycles. The average molecular weight is 501 g/mol. The van der Waals surface area contributed by atoms with Crippen LogP contribution in [0.15, 0.2) is 41.1 Å². The summed E-state index contributed by atoms with van der Waals surface area (Å²) in [6.07, 6.45) is 0. The molecule has 1 aliphatic heterocycles. The van der Waals surface area contributed by atoms with E-state index in [1.54, 1.807) is 39.9 Å². The first-order valence-corrected chi connectivity index (χ1v) is 13.2. The molecule has 1 unspecified atom stereocenters. The molecule has 180 valence electrons. The average Bonchev–Trinajstić information content (AvgIpc) is 3.38. The van der Waals surface area contributed by atoms with Gasteiger partial charge in [0.25, 0.3) is 0 Å². The number of rotatable bonds is 5.